The van der Waals surface area contributed by atoms with Crippen LogP contribution in [0.5, 0.6) is 0 Å². The van der Waals surface area contributed by atoms with Gasteiger partial charge in [0.15, 0.2) is 0 Å². The van der Waals surface area contributed by atoms with Crippen LogP contribution >= 0.6 is 20.2 Å². The van der Waals surface area contributed by atoms with Gasteiger partial charge in [0.05, 0.1) is 35.4 Å². The topological polar surface area (TPSA) is 96.5 Å². The molecule has 0 aliphatic heterocycles. The number of ether oxygens (including phenoxy) is 1. The van der Waals surface area contributed by atoms with Crippen molar-refractivity contribution in [3.8, 4) is 33.9 Å². The molecule has 0 amide bonds. The van der Waals surface area contributed by atoms with Gasteiger partial charge in [-0.15, -0.1) is 0 Å². The second kappa shape index (κ2) is 12.9. The van der Waals surface area contributed by atoms with Crippen LogP contribution < -0.4 is 0 Å². The average Bonchev–Trinajstić information content (AvgIpc) is 2.85. The number of hydrogen-bond acceptors (Lipinski definition) is 5. The van der Waals surface area contributed by atoms with Crippen LogP contribution in [0.2, 0.25) is 0 Å². The molecule has 3 aromatic heterocycles. The summed E-state index contributed by atoms with van der Waals surface area (Å²) < 4.78 is 4.77. The van der Waals surface area contributed by atoms with E-state index in [2.05, 4.69) is 9.97 Å². The third-order valence-corrected chi connectivity index (χ3v) is 4.32. The number of aromatic nitrogens is 3. The summed E-state index contributed by atoms with van der Waals surface area (Å²) in [5, 5.41) is 0. The van der Waals surface area contributed by atoms with Crippen LogP contribution in [-0.4, -0.2) is 33.5 Å². The fourth-order valence-corrected chi connectivity index (χ4v) is 2.90. The van der Waals surface area contributed by atoms with Gasteiger partial charge in [-0.05, 0) is 59.7 Å². The molecule has 0 saturated carbocycles. The van der Waals surface area contributed by atoms with Crippen LogP contribution in [0.1, 0.15) is 10.4 Å². The van der Waals surface area contributed by atoms with Crippen molar-refractivity contribution >= 4 is 26.2 Å². The predicted molar refractivity (Wildman–Crippen MR) is 123 cm³/mol. The Morgan fingerprint density at radius 2 is 1.28 bits per heavy atom. The number of methoxy groups -OCH3 is 1. The molecule has 9 heteroatoms. The third kappa shape index (κ3) is 6.60. The van der Waals surface area contributed by atoms with Crippen LogP contribution in [-0.2, 0) is 17.9 Å². The van der Waals surface area contributed by atoms with Crippen molar-refractivity contribution in [1.82, 2.24) is 15.0 Å². The Balaban J connectivity index is 0.000000860. The zero-order chi connectivity index (χ0) is 22.1. The molecule has 0 fully saturated rings. The van der Waals surface area contributed by atoms with Crippen LogP contribution in [0.4, 0.5) is 0 Å². The number of halogens is 2. The first-order valence-corrected chi connectivity index (χ1v) is 12.1. The molecule has 166 valence electrons. The van der Waals surface area contributed by atoms with Crippen molar-refractivity contribution in [2.45, 2.75) is 0 Å². The number of nitrogens with zero attached hydrogens (tertiary/aromatic N) is 3. The van der Waals surface area contributed by atoms with Gasteiger partial charge in [0, 0.05) is 12.4 Å². The second-order valence-electron chi connectivity index (χ2n) is 6.18. The Morgan fingerprint density at radius 1 is 0.781 bits per heavy atom. The third-order valence-electron chi connectivity index (χ3n) is 4.32. The van der Waals surface area contributed by atoms with E-state index in [1.54, 1.807) is 24.5 Å². The number of pyridine rings is 3. The van der Waals surface area contributed by atoms with Gasteiger partial charge in [0.2, 0.25) is 0 Å². The molecule has 0 aliphatic rings. The number of hydrogen-bond donors (Lipinski definition) is 0. The SMILES string of the molecule is COC(=O)c1ccc(-c2cc(-c3ccccn3)nc(-c3ccccn3)c2)cc1.O.[Cl][Fe][Cl]. The summed E-state index contributed by atoms with van der Waals surface area (Å²) in [7, 11) is 10.9. The Labute approximate surface area is 200 Å². The van der Waals surface area contributed by atoms with Gasteiger partial charge in [-0.3, -0.25) is 9.97 Å². The van der Waals surface area contributed by atoms with Crippen LogP contribution in [0.25, 0.3) is 33.9 Å². The average molecular weight is 512 g/mol. The number of carbonyl (C=O) groups is 1. The molecular formula is C23H19Cl2FeN3O3. The number of carbonyl (C=O) groups excluding carboxylic acids is 1. The summed E-state index contributed by atoms with van der Waals surface area (Å²) >= 11 is 0.194. The first kappa shape index (κ1) is 25.5. The van der Waals surface area contributed by atoms with Crippen molar-refractivity contribution in [2.75, 3.05) is 7.11 Å². The second-order valence-corrected chi connectivity index (χ2v) is 8.00. The first-order chi connectivity index (χ1) is 15.2. The zero-order valence-corrected chi connectivity index (χ0v) is 19.5. The Bertz CT molecular complexity index is 1070. The number of rotatable bonds is 4. The Morgan fingerprint density at radius 3 is 1.69 bits per heavy atom. The first-order valence-electron chi connectivity index (χ1n) is 9.05. The van der Waals surface area contributed by atoms with E-state index in [1.165, 1.54) is 7.11 Å². The molecule has 4 aromatic rings. The molecular weight excluding hydrogens is 493 g/mol. The quantitative estimate of drug-likeness (QED) is 0.276. The molecule has 32 heavy (non-hydrogen) atoms. The molecule has 6 nitrogen and oxygen atoms in total. The van der Waals surface area contributed by atoms with E-state index in [9.17, 15) is 4.79 Å². The van der Waals surface area contributed by atoms with E-state index in [-0.39, 0.29) is 24.6 Å². The summed E-state index contributed by atoms with van der Waals surface area (Å²) in [6.45, 7) is 0. The van der Waals surface area contributed by atoms with Gasteiger partial charge in [0.1, 0.15) is 0 Å². The van der Waals surface area contributed by atoms with Crippen molar-refractivity contribution in [2.24, 2.45) is 0 Å². The van der Waals surface area contributed by atoms with Gasteiger partial charge < -0.3 is 10.2 Å². The van der Waals surface area contributed by atoms with Gasteiger partial charge in [-0.25, -0.2) is 9.78 Å². The van der Waals surface area contributed by atoms with Crippen LogP contribution in [0.15, 0.2) is 85.2 Å². The van der Waals surface area contributed by atoms with E-state index >= 15 is 0 Å². The molecule has 0 radical (unpaired) electrons. The Kier molecular flexibility index (Phi) is 10.3. The summed E-state index contributed by atoms with van der Waals surface area (Å²) in [5.74, 6) is -0.357. The molecule has 0 bridgehead atoms. The van der Waals surface area contributed by atoms with E-state index < -0.39 is 0 Å². The zero-order valence-electron chi connectivity index (χ0n) is 16.9. The van der Waals surface area contributed by atoms with Crippen LogP contribution in [0.3, 0.4) is 0 Å². The van der Waals surface area contributed by atoms with E-state index in [0.717, 1.165) is 33.9 Å². The van der Waals surface area contributed by atoms with Gasteiger partial charge in [0.25, 0.3) is 0 Å². The maximum atomic E-state index is 11.7. The van der Waals surface area contributed by atoms with Crippen molar-refractivity contribution in [3.63, 3.8) is 0 Å². The van der Waals surface area contributed by atoms with E-state index in [1.807, 2.05) is 60.7 Å². The minimum atomic E-state index is -0.357. The number of esters is 1. The van der Waals surface area contributed by atoms with Crippen molar-refractivity contribution < 1.29 is 28.1 Å². The monoisotopic (exact) mass is 511 g/mol. The maximum absolute atomic E-state index is 11.7. The molecule has 0 unspecified atom stereocenters. The number of benzene rings is 1. The van der Waals surface area contributed by atoms with E-state index in [4.69, 9.17) is 29.9 Å². The fourth-order valence-electron chi connectivity index (χ4n) is 2.90. The minimum absolute atomic E-state index is 0. The molecule has 0 atom stereocenters. The summed E-state index contributed by atoms with van der Waals surface area (Å²) in [6.07, 6.45) is 3.49. The normalized spacial score (nSPS) is 9.84. The standard InChI is InChI=1S/C23H17N3O2.2ClH.Fe.H2O/c1-28-23(27)17-10-8-16(9-11-17)18-14-21(19-6-2-4-12-24-19)26-22(15-18)20-7-3-5-13-25-20;;;;/h2-15H,1H3;2*1H;;1H2/q;;;+2;/p-2. The molecule has 0 saturated heterocycles. The van der Waals surface area contributed by atoms with Crippen molar-refractivity contribution in [1.29, 1.82) is 0 Å². The van der Waals surface area contributed by atoms with Crippen LogP contribution in [0, 0.1) is 0 Å². The fraction of sp³-hybridized carbons (Fsp3) is 0.0435. The van der Waals surface area contributed by atoms with E-state index in [0.29, 0.717) is 5.56 Å². The molecule has 3 heterocycles. The molecule has 0 aliphatic carbocycles. The molecule has 4 rings (SSSR count). The van der Waals surface area contributed by atoms with Gasteiger partial charge >= 0.3 is 39.3 Å². The molecule has 0 spiro atoms. The predicted octanol–water partition coefficient (Wildman–Crippen LogP) is 5.21. The van der Waals surface area contributed by atoms with Crippen molar-refractivity contribution in [3.05, 3.63) is 90.8 Å². The molecule has 1 aromatic carbocycles. The summed E-state index contributed by atoms with van der Waals surface area (Å²) in [5.41, 5.74) is 5.53. The van der Waals surface area contributed by atoms with Gasteiger partial charge in [-0.2, -0.15) is 0 Å². The summed E-state index contributed by atoms with van der Waals surface area (Å²) in [4.78, 5) is 25.3. The summed E-state index contributed by atoms with van der Waals surface area (Å²) in [6, 6.07) is 22.7. The van der Waals surface area contributed by atoms with Gasteiger partial charge in [-0.1, -0.05) is 24.3 Å². The Hall–Kier alpha value is -2.80. The molecule has 2 N–H and O–H groups in total.